The maximum Gasteiger partial charge on any atom is 0.433 e. The van der Waals surface area contributed by atoms with E-state index in [4.69, 9.17) is 4.74 Å². The van der Waals surface area contributed by atoms with Crippen LogP contribution in [0.15, 0.2) is 6.33 Å². The first kappa shape index (κ1) is 11.2. The van der Waals surface area contributed by atoms with Crippen LogP contribution in [0.2, 0.25) is 0 Å². The number of alkyl halides is 4. The molecule has 0 saturated carbocycles. The van der Waals surface area contributed by atoms with Gasteiger partial charge in [0.2, 0.25) is 5.88 Å². The van der Waals surface area contributed by atoms with Crippen molar-refractivity contribution in [3.63, 3.8) is 0 Å². The highest BCUT2D eigenvalue weighted by Crippen LogP contribution is 2.34. The molecule has 3 nitrogen and oxygen atoms in total. The van der Waals surface area contributed by atoms with E-state index in [2.05, 4.69) is 25.9 Å². The summed E-state index contributed by atoms with van der Waals surface area (Å²) in [6.07, 6.45) is -3.66. The van der Waals surface area contributed by atoms with Gasteiger partial charge in [0.25, 0.3) is 0 Å². The summed E-state index contributed by atoms with van der Waals surface area (Å²) in [6.45, 7) is 0. The second-order valence-corrected chi connectivity index (χ2v) is 2.90. The van der Waals surface area contributed by atoms with Gasteiger partial charge in [-0.15, -0.1) is 0 Å². The van der Waals surface area contributed by atoms with E-state index in [0.717, 1.165) is 6.33 Å². The molecule has 0 unspecified atom stereocenters. The zero-order valence-electron chi connectivity index (χ0n) is 7.10. The lowest BCUT2D eigenvalue weighted by Crippen LogP contribution is -2.13. The van der Waals surface area contributed by atoms with Crippen molar-refractivity contribution >= 4 is 15.9 Å². The first-order chi connectivity index (χ1) is 6.50. The van der Waals surface area contributed by atoms with Crippen molar-refractivity contribution < 1.29 is 17.9 Å². The number of hydrogen-bond donors (Lipinski definition) is 0. The molecule has 0 atom stereocenters. The maximum absolute atomic E-state index is 12.4. The number of hydrogen-bond acceptors (Lipinski definition) is 3. The Kier molecular flexibility index (Phi) is 3.30. The molecule has 14 heavy (non-hydrogen) atoms. The maximum atomic E-state index is 12.4. The number of methoxy groups -OCH3 is 1. The highest BCUT2D eigenvalue weighted by molar-refractivity contribution is 9.08. The smallest absolute Gasteiger partial charge is 0.433 e. The summed E-state index contributed by atoms with van der Waals surface area (Å²) >= 11 is 2.93. The molecule has 1 rings (SSSR count). The van der Waals surface area contributed by atoms with Crippen LogP contribution in [0.3, 0.4) is 0 Å². The summed E-state index contributed by atoms with van der Waals surface area (Å²) in [6, 6.07) is 0. The van der Waals surface area contributed by atoms with Gasteiger partial charge in [-0.3, -0.25) is 0 Å². The molecule has 0 aliphatic heterocycles. The molecule has 0 saturated heterocycles. The largest absolute Gasteiger partial charge is 0.481 e. The van der Waals surface area contributed by atoms with Crippen molar-refractivity contribution in [3.8, 4) is 5.88 Å². The summed E-state index contributed by atoms with van der Waals surface area (Å²) in [5.74, 6) is -0.0656. The van der Waals surface area contributed by atoms with Crippen LogP contribution in [-0.4, -0.2) is 17.1 Å². The average Bonchev–Trinajstić information content (AvgIpc) is 2.15. The van der Waals surface area contributed by atoms with E-state index in [-0.39, 0.29) is 16.8 Å². The van der Waals surface area contributed by atoms with Crippen LogP contribution >= 0.6 is 15.9 Å². The second-order valence-electron chi connectivity index (χ2n) is 2.34. The number of nitrogens with zero attached hydrogens (tertiary/aromatic N) is 2. The molecule has 7 heteroatoms. The van der Waals surface area contributed by atoms with E-state index >= 15 is 0 Å². The molecule has 1 heterocycles. The van der Waals surface area contributed by atoms with Crippen molar-refractivity contribution in [3.05, 3.63) is 17.6 Å². The summed E-state index contributed by atoms with van der Waals surface area (Å²) in [5, 5.41) is -0.00808. The molecule has 78 valence electrons. The molecule has 0 amide bonds. The minimum absolute atomic E-state index is 0.00808. The highest BCUT2D eigenvalue weighted by atomic mass is 79.9. The van der Waals surface area contributed by atoms with Crippen LogP contribution in [0.5, 0.6) is 5.88 Å². The van der Waals surface area contributed by atoms with Crippen LogP contribution in [0.1, 0.15) is 11.3 Å². The monoisotopic (exact) mass is 270 g/mol. The van der Waals surface area contributed by atoms with Gasteiger partial charge < -0.3 is 4.74 Å². The Labute approximate surface area is 86.4 Å². The van der Waals surface area contributed by atoms with E-state index in [1.165, 1.54) is 7.11 Å². The summed E-state index contributed by atoms with van der Waals surface area (Å²) in [7, 11) is 1.26. The van der Waals surface area contributed by atoms with E-state index in [1.54, 1.807) is 0 Å². The van der Waals surface area contributed by atoms with Gasteiger partial charge in [0, 0.05) is 5.33 Å². The predicted octanol–water partition coefficient (Wildman–Crippen LogP) is 2.40. The normalized spacial score (nSPS) is 11.5. The average molecular weight is 271 g/mol. The molecule has 0 N–H and O–H groups in total. The topological polar surface area (TPSA) is 35.0 Å². The van der Waals surface area contributed by atoms with Crippen LogP contribution in [-0.2, 0) is 11.5 Å². The lowest BCUT2D eigenvalue weighted by Gasteiger charge is -2.11. The molecular weight excluding hydrogens is 265 g/mol. The van der Waals surface area contributed by atoms with Crippen molar-refractivity contribution in [2.75, 3.05) is 7.11 Å². The minimum Gasteiger partial charge on any atom is -0.481 e. The quantitative estimate of drug-likeness (QED) is 0.775. The van der Waals surface area contributed by atoms with Gasteiger partial charge >= 0.3 is 6.18 Å². The Morgan fingerprint density at radius 3 is 2.50 bits per heavy atom. The van der Waals surface area contributed by atoms with Gasteiger partial charge in [-0.1, -0.05) is 15.9 Å². The van der Waals surface area contributed by atoms with E-state index < -0.39 is 11.9 Å². The molecule has 1 aromatic rings. The fourth-order valence-corrected chi connectivity index (χ4v) is 1.44. The molecule has 1 aromatic heterocycles. The molecule has 0 aliphatic carbocycles. The predicted molar refractivity (Wildman–Crippen MR) is 46.2 cm³/mol. The summed E-state index contributed by atoms with van der Waals surface area (Å²) in [4.78, 5) is 6.76. The van der Waals surface area contributed by atoms with Gasteiger partial charge in [-0.25, -0.2) is 9.97 Å². The van der Waals surface area contributed by atoms with Gasteiger partial charge in [-0.05, 0) is 0 Å². The fourth-order valence-electron chi connectivity index (χ4n) is 0.937. The van der Waals surface area contributed by atoms with E-state index in [1.807, 2.05) is 0 Å². The second kappa shape index (κ2) is 4.12. The van der Waals surface area contributed by atoms with Crippen molar-refractivity contribution in [2.45, 2.75) is 11.5 Å². The zero-order chi connectivity index (χ0) is 10.8. The molecule has 0 aliphatic rings. The van der Waals surface area contributed by atoms with Gasteiger partial charge in [0.15, 0.2) is 5.69 Å². The van der Waals surface area contributed by atoms with Gasteiger partial charge in [0.05, 0.1) is 12.7 Å². The standard InChI is InChI=1S/C7H6BrF3N2O/c1-14-6-4(2-8)5(7(9,10)11)12-3-13-6/h3H,2H2,1H3. The molecule has 0 aromatic carbocycles. The number of halogens is 4. The van der Waals surface area contributed by atoms with Crippen LogP contribution in [0.25, 0.3) is 0 Å². The third-order valence-corrected chi connectivity index (χ3v) is 2.06. The Balaban J connectivity index is 3.29. The van der Waals surface area contributed by atoms with Crippen molar-refractivity contribution in [1.29, 1.82) is 0 Å². The lowest BCUT2D eigenvalue weighted by molar-refractivity contribution is -0.141. The Hall–Kier alpha value is -0.850. The van der Waals surface area contributed by atoms with E-state index in [9.17, 15) is 13.2 Å². The Morgan fingerprint density at radius 1 is 1.43 bits per heavy atom. The lowest BCUT2D eigenvalue weighted by atomic mass is 10.2. The first-order valence-corrected chi connectivity index (χ1v) is 4.64. The third-order valence-electron chi connectivity index (χ3n) is 1.50. The Morgan fingerprint density at radius 2 is 2.07 bits per heavy atom. The highest BCUT2D eigenvalue weighted by Gasteiger charge is 2.36. The SMILES string of the molecule is COc1ncnc(C(F)(F)F)c1CBr. The summed E-state index contributed by atoms with van der Waals surface area (Å²) < 4.78 is 41.8. The Bertz CT molecular complexity index is 329. The van der Waals surface area contributed by atoms with E-state index in [0.29, 0.717) is 0 Å². The molecule has 0 radical (unpaired) electrons. The third kappa shape index (κ3) is 2.14. The van der Waals surface area contributed by atoms with Gasteiger partial charge in [-0.2, -0.15) is 13.2 Å². The number of aromatic nitrogens is 2. The number of ether oxygens (including phenoxy) is 1. The van der Waals surface area contributed by atoms with Crippen molar-refractivity contribution in [1.82, 2.24) is 9.97 Å². The molecule has 0 fully saturated rings. The summed E-state index contributed by atoms with van der Waals surface area (Å²) in [5.41, 5.74) is -1.07. The van der Waals surface area contributed by atoms with Crippen molar-refractivity contribution in [2.24, 2.45) is 0 Å². The van der Waals surface area contributed by atoms with Crippen LogP contribution in [0, 0.1) is 0 Å². The zero-order valence-corrected chi connectivity index (χ0v) is 8.68. The number of rotatable bonds is 2. The van der Waals surface area contributed by atoms with Crippen LogP contribution < -0.4 is 4.74 Å². The van der Waals surface area contributed by atoms with Crippen LogP contribution in [0.4, 0.5) is 13.2 Å². The minimum atomic E-state index is -4.49. The van der Waals surface area contributed by atoms with Gasteiger partial charge in [0.1, 0.15) is 6.33 Å². The molecular formula is C7H6BrF3N2O. The molecule has 0 bridgehead atoms. The molecule has 0 spiro atoms. The fraction of sp³-hybridized carbons (Fsp3) is 0.429. The first-order valence-electron chi connectivity index (χ1n) is 3.51.